The Morgan fingerprint density at radius 1 is 1.04 bits per heavy atom. The first-order chi connectivity index (χ1) is 13.0. The largest absolute Gasteiger partial charge is 0.311 e. The van der Waals surface area contributed by atoms with Gasteiger partial charge in [0.1, 0.15) is 5.82 Å². The van der Waals surface area contributed by atoms with Crippen molar-refractivity contribution in [2.75, 3.05) is 5.32 Å². The Balaban J connectivity index is 1.66. The molecule has 1 heterocycles. The second-order valence-electron chi connectivity index (χ2n) is 6.83. The summed E-state index contributed by atoms with van der Waals surface area (Å²) in [4.78, 5) is 15.4. The average Bonchev–Trinajstić information content (AvgIpc) is 2.67. The first-order valence-corrected chi connectivity index (χ1v) is 9.14. The molecule has 138 valence electrons. The molecule has 0 radical (unpaired) electrons. The van der Waals surface area contributed by atoms with Crippen molar-refractivity contribution in [3.63, 3.8) is 0 Å². The Bertz CT molecular complexity index is 902. The highest BCUT2D eigenvalue weighted by Gasteiger charge is 2.06. The summed E-state index contributed by atoms with van der Waals surface area (Å²) in [5, 5.41) is 6.27. The lowest BCUT2D eigenvalue weighted by atomic mass is 10.0. The van der Waals surface area contributed by atoms with Crippen molar-refractivity contribution in [2.24, 2.45) is 0 Å². The fourth-order valence-corrected chi connectivity index (χ4v) is 2.92. The van der Waals surface area contributed by atoms with Crippen LogP contribution in [0.2, 0.25) is 0 Å². The van der Waals surface area contributed by atoms with Crippen LogP contribution in [0.3, 0.4) is 0 Å². The molecule has 3 rings (SSSR count). The van der Waals surface area contributed by atoms with Crippen LogP contribution in [0.25, 0.3) is 11.1 Å². The van der Waals surface area contributed by atoms with E-state index < -0.39 is 0 Å². The molecular weight excluding hydrogens is 334 g/mol. The van der Waals surface area contributed by atoms with Gasteiger partial charge in [-0.05, 0) is 48.7 Å². The van der Waals surface area contributed by atoms with Crippen molar-refractivity contribution < 1.29 is 4.79 Å². The molecule has 0 saturated carbocycles. The average molecular weight is 359 g/mol. The van der Waals surface area contributed by atoms with Gasteiger partial charge in [-0.15, -0.1) is 0 Å². The number of aryl methyl sites for hydroxylation is 1. The predicted octanol–water partition coefficient (Wildman–Crippen LogP) is 4.87. The van der Waals surface area contributed by atoms with Gasteiger partial charge >= 0.3 is 0 Å². The molecule has 1 aromatic heterocycles. The topological polar surface area (TPSA) is 54.0 Å². The third-order valence-electron chi connectivity index (χ3n) is 4.52. The molecule has 1 atom stereocenters. The number of pyridine rings is 1. The van der Waals surface area contributed by atoms with Crippen LogP contribution in [0.5, 0.6) is 0 Å². The highest BCUT2D eigenvalue weighted by Crippen LogP contribution is 2.21. The fourth-order valence-electron chi connectivity index (χ4n) is 2.92. The minimum atomic E-state index is -0.119. The molecule has 0 unspecified atom stereocenters. The maximum atomic E-state index is 11.1. The second-order valence-corrected chi connectivity index (χ2v) is 6.83. The van der Waals surface area contributed by atoms with Gasteiger partial charge in [0.2, 0.25) is 5.91 Å². The molecule has 1 amide bonds. The first-order valence-electron chi connectivity index (χ1n) is 9.14. The van der Waals surface area contributed by atoms with E-state index in [0.717, 1.165) is 17.7 Å². The zero-order valence-electron chi connectivity index (χ0n) is 16.0. The Hall–Kier alpha value is -2.98. The smallest absolute Gasteiger partial charge is 0.222 e. The van der Waals surface area contributed by atoms with E-state index in [1.54, 1.807) is 6.20 Å². The number of nitrogens with one attached hydrogen (secondary N) is 2. The van der Waals surface area contributed by atoms with Crippen molar-refractivity contribution >= 4 is 11.7 Å². The van der Waals surface area contributed by atoms with E-state index in [2.05, 4.69) is 78.0 Å². The van der Waals surface area contributed by atoms with Crippen LogP contribution in [-0.2, 0) is 11.3 Å². The number of hydrogen-bond donors (Lipinski definition) is 2. The van der Waals surface area contributed by atoms with Gasteiger partial charge in [-0.2, -0.15) is 0 Å². The van der Waals surface area contributed by atoms with Crippen LogP contribution in [0.1, 0.15) is 36.6 Å². The summed E-state index contributed by atoms with van der Waals surface area (Å²) in [6, 6.07) is 21.1. The maximum Gasteiger partial charge on any atom is 0.222 e. The molecule has 4 heteroatoms. The van der Waals surface area contributed by atoms with Crippen LogP contribution < -0.4 is 10.6 Å². The Morgan fingerprint density at radius 2 is 1.81 bits per heavy atom. The zero-order chi connectivity index (χ0) is 19.2. The molecule has 0 aliphatic rings. The van der Waals surface area contributed by atoms with Crippen LogP contribution in [0.4, 0.5) is 5.82 Å². The molecule has 0 bridgehead atoms. The molecule has 27 heavy (non-hydrogen) atoms. The van der Waals surface area contributed by atoms with Gasteiger partial charge in [0.25, 0.3) is 0 Å². The highest BCUT2D eigenvalue weighted by molar-refractivity contribution is 5.87. The van der Waals surface area contributed by atoms with Gasteiger partial charge in [0.05, 0.1) is 0 Å². The van der Waals surface area contributed by atoms with Gasteiger partial charge in [0, 0.05) is 31.3 Å². The Morgan fingerprint density at radius 3 is 2.48 bits per heavy atom. The van der Waals surface area contributed by atoms with Crippen LogP contribution in [-0.4, -0.2) is 10.9 Å². The highest BCUT2D eigenvalue weighted by atomic mass is 16.1. The summed E-state index contributed by atoms with van der Waals surface area (Å²) in [7, 11) is 0. The van der Waals surface area contributed by atoms with Crippen molar-refractivity contribution in [1.82, 2.24) is 10.3 Å². The van der Waals surface area contributed by atoms with Crippen molar-refractivity contribution in [2.45, 2.75) is 33.4 Å². The molecule has 0 aliphatic carbocycles. The lowest BCUT2D eigenvalue weighted by Gasteiger charge is -2.15. The van der Waals surface area contributed by atoms with E-state index in [9.17, 15) is 4.79 Å². The van der Waals surface area contributed by atoms with Crippen molar-refractivity contribution in [3.8, 4) is 11.1 Å². The van der Waals surface area contributed by atoms with Gasteiger partial charge in [-0.1, -0.05) is 48.0 Å². The van der Waals surface area contributed by atoms with Gasteiger partial charge in [-0.25, -0.2) is 4.98 Å². The third kappa shape index (κ3) is 5.25. The van der Waals surface area contributed by atoms with Gasteiger partial charge in [-0.3, -0.25) is 4.79 Å². The maximum absolute atomic E-state index is 11.1. The van der Waals surface area contributed by atoms with E-state index in [0.29, 0.717) is 5.82 Å². The van der Waals surface area contributed by atoms with Crippen molar-refractivity contribution in [3.05, 3.63) is 83.6 Å². The number of anilines is 1. The summed E-state index contributed by atoms with van der Waals surface area (Å²) in [5.41, 5.74) is 5.92. The van der Waals surface area contributed by atoms with Gasteiger partial charge < -0.3 is 10.6 Å². The molecular formula is C23H25N3O. The van der Waals surface area contributed by atoms with E-state index in [-0.39, 0.29) is 11.9 Å². The first kappa shape index (κ1) is 18.8. The summed E-state index contributed by atoms with van der Waals surface area (Å²) in [6.45, 7) is 6.55. The minimum Gasteiger partial charge on any atom is -0.311 e. The van der Waals surface area contributed by atoms with Crippen LogP contribution >= 0.6 is 0 Å². The summed E-state index contributed by atoms with van der Waals surface area (Å²) in [6.07, 6.45) is 1.78. The number of hydrogen-bond acceptors (Lipinski definition) is 3. The molecule has 2 N–H and O–H groups in total. The number of benzene rings is 2. The zero-order valence-corrected chi connectivity index (χ0v) is 16.0. The summed E-state index contributed by atoms with van der Waals surface area (Å²) in [5.74, 6) is 0.446. The summed E-state index contributed by atoms with van der Waals surface area (Å²) >= 11 is 0. The lowest BCUT2D eigenvalue weighted by Crippen LogP contribution is -2.18. The van der Waals surface area contributed by atoms with Crippen LogP contribution in [0, 0.1) is 6.92 Å². The van der Waals surface area contributed by atoms with E-state index in [4.69, 9.17) is 0 Å². The Labute approximate surface area is 160 Å². The molecule has 0 fully saturated rings. The monoisotopic (exact) mass is 359 g/mol. The normalized spacial score (nSPS) is 11.8. The van der Waals surface area contributed by atoms with E-state index in [1.807, 2.05) is 12.1 Å². The fraction of sp³-hybridized carbons (Fsp3) is 0.217. The number of carbonyl (C=O) groups is 1. The SMILES string of the molecule is CC(=O)Nc1ccc(-c2cccc(CN[C@H](C)c3ccc(C)cc3)c2)cn1. The lowest BCUT2D eigenvalue weighted by molar-refractivity contribution is -0.114. The number of nitrogens with zero attached hydrogens (tertiary/aromatic N) is 1. The number of rotatable bonds is 6. The quantitative estimate of drug-likeness (QED) is 0.660. The minimum absolute atomic E-state index is 0.119. The molecule has 0 aliphatic heterocycles. The molecule has 4 nitrogen and oxygen atoms in total. The number of aromatic nitrogens is 1. The Kier molecular flexibility index (Phi) is 5.99. The van der Waals surface area contributed by atoms with Crippen LogP contribution in [0.15, 0.2) is 66.9 Å². The predicted molar refractivity (Wildman–Crippen MR) is 110 cm³/mol. The second kappa shape index (κ2) is 8.60. The number of amides is 1. The molecule has 3 aromatic rings. The van der Waals surface area contributed by atoms with Gasteiger partial charge in [0.15, 0.2) is 0 Å². The molecule has 0 saturated heterocycles. The van der Waals surface area contributed by atoms with Crippen molar-refractivity contribution in [1.29, 1.82) is 0 Å². The van der Waals surface area contributed by atoms with E-state index >= 15 is 0 Å². The number of carbonyl (C=O) groups excluding carboxylic acids is 1. The summed E-state index contributed by atoms with van der Waals surface area (Å²) < 4.78 is 0. The standard InChI is InChI=1S/C23H25N3O/c1-16-7-9-20(10-8-16)17(2)24-14-19-5-4-6-21(13-19)22-11-12-23(25-15-22)26-18(3)27/h4-13,15,17,24H,14H2,1-3H3,(H,25,26,27)/t17-/m1/s1. The molecule has 2 aromatic carbocycles. The molecule has 0 spiro atoms. The van der Waals surface area contributed by atoms with E-state index in [1.165, 1.54) is 23.6 Å². The third-order valence-corrected chi connectivity index (χ3v) is 4.52.